The number of fused-ring (bicyclic) bond motifs is 1. The van der Waals surface area contributed by atoms with E-state index in [0.717, 1.165) is 22.9 Å². The molecule has 0 bridgehead atoms. The molecule has 1 aliphatic carbocycles. The largest absolute Gasteiger partial charge is 0.235 e. The van der Waals surface area contributed by atoms with Crippen LogP contribution in [0.15, 0.2) is 27.7 Å². The van der Waals surface area contributed by atoms with Crippen molar-refractivity contribution in [2.45, 2.75) is 18.9 Å². The summed E-state index contributed by atoms with van der Waals surface area (Å²) >= 11 is 3.49. The molecule has 1 unspecified atom stereocenters. The maximum absolute atomic E-state index is 10.2. The number of hydrogen-bond acceptors (Lipinski definition) is 2. The Labute approximate surface area is 84.8 Å². The molecule has 3 heteroatoms. The second-order valence-corrected chi connectivity index (χ2v) is 3.94. The van der Waals surface area contributed by atoms with Crippen molar-refractivity contribution in [2.24, 2.45) is 4.99 Å². The van der Waals surface area contributed by atoms with E-state index in [2.05, 4.69) is 20.9 Å². The van der Waals surface area contributed by atoms with Crippen molar-refractivity contribution in [1.82, 2.24) is 0 Å². The van der Waals surface area contributed by atoms with Gasteiger partial charge in [-0.05, 0) is 30.0 Å². The second kappa shape index (κ2) is 3.44. The summed E-state index contributed by atoms with van der Waals surface area (Å²) in [7, 11) is 0. The molecule has 0 radical (unpaired) electrons. The van der Waals surface area contributed by atoms with E-state index in [9.17, 15) is 4.79 Å². The Morgan fingerprint density at radius 2 is 2.38 bits per heavy atom. The predicted octanol–water partition coefficient (Wildman–Crippen LogP) is 2.77. The summed E-state index contributed by atoms with van der Waals surface area (Å²) in [6, 6.07) is 6.05. The quantitative estimate of drug-likeness (QED) is 0.546. The van der Waals surface area contributed by atoms with Crippen LogP contribution in [-0.2, 0) is 11.2 Å². The summed E-state index contributed by atoms with van der Waals surface area (Å²) in [5, 5.41) is 0. The Kier molecular flexibility index (Phi) is 2.30. The van der Waals surface area contributed by atoms with Gasteiger partial charge in [0.1, 0.15) is 0 Å². The van der Waals surface area contributed by atoms with Gasteiger partial charge in [-0.1, -0.05) is 28.1 Å². The van der Waals surface area contributed by atoms with Gasteiger partial charge in [0.05, 0.1) is 6.04 Å². The molecule has 0 amide bonds. The van der Waals surface area contributed by atoms with Gasteiger partial charge in [0.25, 0.3) is 0 Å². The van der Waals surface area contributed by atoms with Crippen molar-refractivity contribution in [2.75, 3.05) is 0 Å². The van der Waals surface area contributed by atoms with E-state index >= 15 is 0 Å². The van der Waals surface area contributed by atoms with Gasteiger partial charge in [-0.15, -0.1) is 0 Å². The molecule has 0 saturated heterocycles. The number of hydrogen-bond donors (Lipinski definition) is 0. The zero-order valence-corrected chi connectivity index (χ0v) is 8.54. The Morgan fingerprint density at radius 3 is 3.15 bits per heavy atom. The summed E-state index contributed by atoms with van der Waals surface area (Å²) in [5.41, 5.74) is 2.45. The number of benzene rings is 1. The molecule has 2 nitrogen and oxygen atoms in total. The summed E-state index contributed by atoms with van der Waals surface area (Å²) in [5.74, 6) is 0. The average Bonchev–Trinajstić information content (AvgIpc) is 2.51. The molecule has 1 aliphatic rings. The lowest BCUT2D eigenvalue weighted by atomic mass is 10.1. The summed E-state index contributed by atoms with van der Waals surface area (Å²) in [6.45, 7) is 0. The molecular formula is C10H8BrNO. The van der Waals surface area contributed by atoms with Crippen LogP contribution in [0.25, 0.3) is 0 Å². The second-order valence-electron chi connectivity index (χ2n) is 3.08. The van der Waals surface area contributed by atoms with Crippen LogP contribution < -0.4 is 0 Å². The zero-order valence-electron chi connectivity index (χ0n) is 6.96. The highest BCUT2D eigenvalue weighted by molar-refractivity contribution is 9.10. The number of nitrogens with zero attached hydrogens (tertiary/aromatic N) is 1. The highest BCUT2D eigenvalue weighted by Crippen LogP contribution is 2.37. The van der Waals surface area contributed by atoms with E-state index in [4.69, 9.17) is 0 Å². The third kappa shape index (κ3) is 1.45. The number of isocyanates is 1. The van der Waals surface area contributed by atoms with E-state index in [1.165, 1.54) is 5.56 Å². The van der Waals surface area contributed by atoms with Gasteiger partial charge in [-0.25, -0.2) is 4.79 Å². The third-order valence-corrected chi connectivity index (χ3v) is 3.13. The number of carbonyl (C=O) groups excluding carboxylic acids is 1. The lowest BCUT2D eigenvalue weighted by molar-refractivity contribution is 0.557. The maximum Gasteiger partial charge on any atom is 0.235 e. The number of aliphatic imine (C=N–C) groups is 1. The minimum atomic E-state index is 0.0324. The minimum absolute atomic E-state index is 0.0324. The van der Waals surface area contributed by atoms with E-state index < -0.39 is 0 Å². The standard InChI is InChI=1S/C10H8BrNO/c11-9-3-1-2-8-7(9)4-5-10(8)12-6-13/h1-3,10H,4-5H2. The van der Waals surface area contributed by atoms with E-state index in [1.807, 2.05) is 18.2 Å². The normalized spacial score (nSPS) is 19.3. The number of halogens is 1. The van der Waals surface area contributed by atoms with E-state index in [0.29, 0.717) is 0 Å². The van der Waals surface area contributed by atoms with Crippen LogP contribution in [0.1, 0.15) is 23.6 Å². The fourth-order valence-electron chi connectivity index (χ4n) is 1.79. The molecule has 0 fully saturated rings. The summed E-state index contributed by atoms with van der Waals surface area (Å²) in [6.07, 6.45) is 3.55. The first-order valence-electron chi connectivity index (χ1n) is 4.17. The smallest absolute Gasteiger partial charge is 0.211 e. The lowest BCUT2D eigenvalue weighted by Gasteiger charge is -2.03. The van der Waals surface area contributed by atoms with Gasteiger partial charge < -0.3 is 0 Å². The SMILES string of the molecule is O=C=NC1CCc2c(Br)cccc21. The van der Waals surface area contributed by atoms with Crippen molar-refractivity contribution in [1.29, 1.82) is 0 Å². The highest BCUT2D eigenvalue weighted by Gasteiger charge is 2.23. The monoisotopic (exact) mass is 237 g/mol. The molecule has 66 valence electrons. The van der Waals surface area contributed by atoms with Crippen LogP contribution in [-0.4, -0.2) is 6.08 Å². The summed E-state index contributed by atoms with van der Waals surface area (Å²) < 4.78 is 1.12. The van der Waals surface area contributed by atoms with Crippen molar-refractivity contribution in [3.8, 4) is 0 Å². The fraction of sp³-hybridized carbons (Fsp3) is 0.300. The maximum atomic E-state index is 10.2. The Hall–Kier alpha value is -0.920. The minimum Gasteiger partial charge on any atom is -0.211 e. The van der Waals surface area contributed by atoms with Gasteiger partial charge in [-0.3, -0.25) is 0 Å². The van der Waals surface area contributed by atoms with Crippen LogP contribution in [0.4, 0.5) is 0 Å². The Morgan fingerprint density at radius 1 is 1.54 bits per heavy atom. The fourth-order valence-corrected chi connectivity index (χ4v) is 2.37. The van der Waals surface area contributed by atoms with Gasteiger partial charge in [0.2, 0.25) is 6.08 Å². The molecule has 1 aromatic carbocycles. The van der Waals surface area contributed by atoms with Crippen molar-refractivity contribution >= 4 is 22.0 Å². The molecule has 2 rings (SSSR count). The van der Waals surface area contributed by atoms with Gasteiger partial charge in [0.15, 0.2) is 0 Å². The zero-order chi connectivity index (χ0) is 9.26. The molecule has 0 aliphatic heterocycles. The first-order chi connectivity index (χ1) is 6.33. The Bertz CT molecular complexity index is 383. The molecule has 0 spiro atoms. The number of rotatable bonds is 1. The molecule has 1 aromatic rings. The van der Waals surface area contributed by atoms with Crippen LogP contribution in [0.3, 0.4) is 0 Å². The van der Waals surface area contributed by atoms with Gasteiger partial charge in [0, 0.05) is 4.47 Å². The van der Waals surface area contributed by atoms with Crippen LogP contribution >= 0.6 is 15.9 Å². The lowest BCUT2D eigenvalue weighted by Crippen LogP contribution is -1.88. The van der Waals surface area contributed by atoms with Crippen molar-refractivity contribution in [3.63, 3.8) is 0 Å². The van der Waals surface area contributed by atoms with Crippen LogP contribution in [0.5, 0.6) is 0 Å². The van der Waals surface area contributed by atoms with E-state index in [-0.39, 0.29) is 6.04 Å². The highest BCUT2D eigenvalue weighted by atomic mass is 79.9. The topological polar surface area (TPSA) is 29.4 Å². The molecule has 0 saturated carbocycles. The van der Waals surface area contributed by atoms with E-state index in [1.54, 1.807) is 6.08 Å². The molecule has 0 N–H and O–H groups in total. The third-order valence-electron chi connectivity index (χ3n) is 2.39. The average molecular weight is 238 g/mol. The first kappa shape index (κ1) is 8.67. The Balaban J connectivity index is 2.48. The molecule has 1 atom stereocenters. The summed E-state index contributed by atoms with van der Waals surface area (Å²) in [4.78, 5) is 13.9. The van der Waals surface area contributed by atoms with Gasteiger partial charge in [-0.2, -0.15) is 4.99 Å². The van der Waals surface area contributed by atoms with Crippen LogP contribution in [0.2, 0.25) is 0 Å². The molecule has 13 heavy (non-hydrogen) atoms. The van der Waals surface area contributed by atoms with Gasteiger partial charge >= 0.3 is 0 Å². The van der Waals surface area contributed by atoms with Crippen molar-refractivity contribution < 1.29 is 4.79 Å². The first-order valence-corrected chi connectivity index (χ1v) is 4.96. The van der Waals surface area contributed by atoms with Crippen molar-refractivity contribution in [3.05, 3.63) is 33.8 Å². The van der Waals surface area contributed by atoms with Crippen LogP contribution in [0, 0.1) is 0 Å². The molecule has 0 heterocycles. The molecule has 0 aromatic heterocycles. The predicted molar refractivity (Wildman–Crippen MR) is 53.3 cm³/mol. The molecular weight excluding hydrogens is 230 g/mol.